The number of benzene rings is 2. The summed E-state index contributed by atoms with van der Waals surface area (Å²) in [5.74, 6) is -0.443. The molecule has 2 amide bonds. The fraction of sp³-hybridized carbons (Fsp3) is 0.364. The third kappa shape index (κ3) is 7.16. The highest BCUT2D eigenvalue weighted by Crippen LogP contribution is 2.14. The van der Waals surface area contributed by atoms with Crippen LogP contribution in [-0.4, -0.2) is 56.0 Å². The Bertz CT molecular complexity index is 752. The second kappa shape index (κ2) is 12.2. The van der Waals surface area contributed by atoms with Gasteiger partial charge in [0.25, 0.3) is 5.91 Å². The normalized spacial score (nSPS) is 15.0. The van der Waals surface area contributed by atoms with Gasteiger partial charge in [-0.2, -0.15) is 0 Å². The number of nitrogens with one attached hydrogen (secondary N) is 3. The third-order valence-corrected chi connectivity index (χ3v) is 4.87. The maximum absolute atomic E-state index is 12.8. The summed E-state index contributed by atoms with van der Waals surface area (Å²) < 4.78 is 0. The molecule has 1 aliphatic rings. The molecule has 1 heterocycles. The van der Waals surface area contributed by atoms with Crippen molar-refractivity contribution in [3.05, 3.63) is 71.8 Å². The Labute approximate surface area is 178 Å². The van der Waals surface area contributed by atoms with Crippen LogP contribution < -0.4 is 16.0 Å². The molecule has 1 saturated heterocycles. The number of hydrogen-bond donors (Lipinski definition) is 3. The van der Waals surface area contributed by atoms with Gasteiger partial charge < -0.3 is 20.9 Å². The van der Waals surface area contributed by atoms with E-state index in [1.165, 1.54) is 0 Å². The first-order valence-electron chi connectivity index (χ1n) is 9.85. The summed E-state index contributed by atoms with van der Waals surface area (Å²) in [4.78, 5) is 27.8. The number of amides is 2. The topological polar surface area (TPSA) is 73.5 Å². The van der Waals surface area contributed by atoms with Gasteiger partial charge in [0.2, 0.25) is 5.91 Å². The van der Waals surface area contributed by atoms with Crippen LogP contribution in [0.5, 0.6) is 0 Å². The van der Waals surface area contributed by atoms with Crippen LogP contribution >= 0.6 is 12.4 Å². The lowest BCUT2D eigenvalue weighted by molar-refractivity contribution is -0.123. The van der Waals surface area contributed by atoms with E-state index in [1.54, 1.807) is 12.1 Å². The van der Waals surface area contributed by atoms with Gasteiger partial charge >= 0.3 is 0 Å². The second-order valence-electron chi connectivity index (χ2n) is 6.92. The summed E-state index contributed by atoms with van der Waals surface area (Å²) in [5, 5.41) is 9.19. The molecule has 0 aliphatic carbocycles. The molecule has 7 heteroatoms. The molecule has 156 valence electrons. The molecule has 0 radical (unpaired) electrons. The van der Waals surface area contributed by atoms with Gasteiger partial charge in [-0.15, -0.1) is 12.4 Å². The first kappa shape index (κ1) is 22.9. The van der Waals surface area contributed by atoms with Crippen LogP contribution in [0.25, 0.3) is 0 Å². The molecule has 6 nitrogen and oxygen atoms in total. The highest BCUT2D eigenvalue weighted by molar-refractivity contribution is 5.97. The highest BCUT2D eigenvalue weighted by atomic mass is 35.5. The minimum absolute atomic E-state index is 0. The zero-order valence-corrected chi connectivity index (χ0v) is 17.3. The number of halogens is 1. The van der Waals surface area contributed by atoms with Crippen molar-refractivity contribution < 1.29 is 9.59 Å². The second-order valence-corrected chi connectivity index (χ2v) is 6.92. The van der Waals surface area contributed by atoms with Gasteiger partial charge in [0.15, 0.2) is 0 Å². The molecule has 3 rings (SSSR count). The van der Waals surface area contributed by atoms with Crippen LogP contribution in [0.1, 0.15) is 28.4 Å². The molecular formula is C22H29ClN4O2. The molecule has 29 heavy (non-hydrogen) atoms. The lowest BCUT2D eigenvalue weighted by Crippen LogP contribution is -2.45. The minimum atomic E-state index is -0.715. The Morgan fingerprint density at radius 3 is 2.24 bits per heavy atom. The molecule has 2 aromatic rings. The maximum Gasteiger partial charge on any atom is 0.252 e. The molecule has 2 aromatic carbocycles. The lowest BCUT2D eigenvalue weighted by atomic mass is 10.1. The summed E-state index contributed by atoms with van der Waals surface area (Å²) in [7, 11) is 0. The van der Waals surface area contributed by atoms with Crippen molar-refractivity contribution in [1.29, 1.82) is 0 Å². The summed E-state index contributed by atoms with van der Waals surface area (Å²) in [6, 6.07) is 17.6. The lowest BCUT2D eigenvalue weighted by Gasteiger charge is -2.27. The van der Waals surface area contributed by atoms with Gasteiger partial charge in [-0.05, 0) is 30.7 Å². The van der Waals surface area contributed by atoms with Gasteiger partial charge in [0, 0.05) is 38.3 Å². The van der Waals surface area contributed by atoms with Crippen LogP contribution in [0.3, 0.4) is 0 Å². The molecule has 1 atom stereocenters. The fourth-order valence-electron chi connectivity index (χ4n) is 3.30. The average Bonchev–Trinajstić information content (AvgIpc) is 2.76. The van der Waals surface area contributed by atoms with Crippen molar-refractivity contribution in [3.63, 3.8) is 0 Å². The van der Waals surface area contributed by atoms with Crippen molar-refractivity contribution in [3.8, 4) is 0 Å². The predicted octanol–water partition coefficient (Wildman–Crippen LogP) is 1.99. The smallest absolute Gasteiger partial charge is 0.252 e. The average molecular weight is 417 g/mol. The third-order valence-electron chi connectivity index (χ3n) is 4.87. The van der Waals surface area contributed by atoms with E-state index in [1.807, 2.05) is 48.5 Å². The van der Waals surface area contributed by atoms with E-state index < -0.39 is 6.04 Å². The van der Waals surface area contributed by atoms with Crippen molar-refractivity contribution in [2.75, 3.05) is 39.3 Å². The summed E-state index contributed by atoms with van der Waals surface area (Å²) in [6.45, 7) is 5.70. The number of hydrogen-bond acceptors (Lipinski definition) is 4. The van der Waals surface area contributed by atoms with Crippen molar-refractivity contribution >= 4 is 24.2 Å². The Balaban J connectivity index is 0.00000300. The molecule has 0 bridgehead atoms. The predicted molar refractivity (Wildman–Crippen MR) is 117 cm³/mol. The maximum atomic E-state index is 12.8. The van der Waals surface area contributed by atoms with Gasteiger partial charge in [-0.1, -0.05) is 48.5 Å². The quantitative estimate of drug-likeness (QED) is 0.575. The van der Waals surface area contributed by atoms with Crippen LogP contribution in [0.15, 0.2) is 60.7 Å². The first-order chi connectivity index (χ1) is 13.7. The van der Waals surface area contributed by atoms with Gasteiger partial charge in [-0.25, -0.2) is 0 Å². The molecule has 0 spiro atoms. The molecule has 1 aliphatic heterocycles. The standard InChI is InChI=1S/C22H28N4O2.ClH/c27-21(19-10-5-2-6-11-19)25-20(18-8-3-1-4-9-18)22(28)24-12-7-15-26-16-13-23-14-17-26;/h1-6,8-11,20,23H,7,12-17H2,(H,24,28)(H,25,27);1H. The van der Waals surface area contributed by atoms with E-state index >= 15 is 0 Å². The largest absolute Gasteiger partial charge is 0.354 e. The molecule has 3 N–H and O–H groups in total. The van der Waals surface area contributed by atoms with Crippen LogP contribution in [0.4, 0.5) is 0 Å². The SMILES string of the molecule is Cl.O=C(NC(C(=O)NCCCN1CCNCC1)c1ccccc1)c1ccccc1. The van der Waals surface area contributed by atoms with E-state index in [0.717, 1.165) is 44.7 Å². The fourth-order valence-corrected chi connectivity index (χ4v) is 3.30. The van der Waals surface area contributed by atoms with Crippen LogP contribution in [0.2, 0.25) is 0 Å². The van der Waals surface area contributed by atoms with Gasteiger partial charge in [-0.3, -0.25) is 9.59 Å². The van der Waals surface area contributed by atoms with E-state index in [0.29, 0.717) is 12.1 Å². The number of piperazine rings is 1. The van der Waals surface area contributed by atoms with E-state index in [4.69, 9.17) is 0 Å². The molecular weight excluding hydrogens is 388 g/mol. The van der Waals surface area contributed by atoms with E-state index in [2.05, 4.69) is 20.9 Å². The molecule has 1 unspecified atom stereocenters. The Morgan fingerprint density at radius 1 is 0.966 bits per heavy atom. The van der Waals surface area contributed by atoms with Crippen molar-refractivity contribution in [2.45, 2.75) is 12.5 Å². The molecule has 0 aromatic heterocycles. The minimum Gasteiger partial charge on any atom is -0.354 e. The number of carbonyl (C=O) groups excluding carboxylic acids is 2. The highest BCUT2D eigenvalue weighted by Gasteiger charge is 2.23. The van der Waals surface area contributed by atoms with Crippen molar-refractivity contribution in [1.82, 2.24) is 20.9 Å². The number of nitrogens with zero attached hydrogens (tertiary/aromatic N) is 1. The van der Waals surface area contributed by atoms with Gasteiger partial charge in [0.05, 0.1) is 0 Å². The van der Waals surface area contributed by atoms with Crippen LogP contribution in [-0.2, 0) is 4.79 Å². The van der Waals surface area contributed by atoms with E-state index in [9.17, 15) is 9.59 Å². The summed E-state index contributed by atoms with van der Waals surface area (Å²) in [6.07, 6.45) is 0.889. The summed E-state index contributed by atoms with van der Waals surface area (Å²) in [5.41, 5.74) is 1.31. The van der Waals surface area contributed by atoms with Crippen molar-refractivity contribution in [2.24, 2.45) is 0 Å². The Morgan fingerprint density at radius 2 is 1.59 bits per heavy atom. The first-order valence-corrected chi connectivity index (χ1v) is 9.85. The van der Waals surface area contributed by atoms with Crippen LogP contribution in [0, 0.1) is 0 Å². The molecule has 0 saturated carbocycles. The van der Waals surface area contributed by atoms with Gasteiger partial charge in [0.1, 0.15) is 6.04 Å². The zero-order valence-electron chi connectivity index (χ0n) is 16.5. The molecule has 1 fully saturated rings. The Kier molecular flexibility index (Phi) is 9.64. The number of rotatable bonds is 8. The Hall–Kier alpha value is -2.41. The monoisotopic (exact) mass is 416 g/mol. The zero-order chi connectivity index (χ0) is 19.6. The van der Waals surface area contributed by atoms with E-state index in [-0.39, 0.29) is 24.2 Å². The number of carbonyl (C=O) groups is 2. The summed E-state index contributed by atoms with van der Waals surface area (Å²) >= 11 is 0.